The molecule has 7 nitrogen and oxygen atoms in total. The van der Waals surface area contributed by atoms with Gasteiger partial charge in [-0.15, -0.1) is 0 Å². The molecule has 0 aromatic heterocycles. The van der Waals surface area contributed by atoms with Gasteiger partial charge >= 0.3 is 0 Å². The Bertz CT molecular complexity index is 678. The third-order valence-electron chi connectivity index (χ3n) is 4.04. The Kier molecular flexibility index (Phi) is 6.55. The predicted octanol–water partition coefficient (Wildman–Crippen LogP) is 2.07. The summed E-state index contributed by atoms with van der Waals surface area (Å²) in [6, 6.07) is 3.11. The molecule has 0 bridgehead atoms. The molecule has 1 saturated heterocycles. The summed E-state index contributed by atoms with van der Waals surface area (Å²) in [5, 5.41) is 6.60. The van der Waals surface area contributed by atoms with Crippen molar-refractivity contribution in [2.24, 2.45) is 21.4 Å². The van der Waals surface area contributed by atoms with E-state index in [-0.39, 0.29) is 11.2 Å². The van der Waals surface area contributed by atoms with E-state index >= 15 is 0 Å². The van der Waals surface area contributed by atoms with Crippen LogP contribution in [0.25, 0.3) is 0 Å². The summed E-state index contributed by atoms with van der Waals surface area (Å²) < 4.78 is 25.5. The number of nitrogens with one attached hydrogen (secondary N) is 1. The normalized spacial score (nSPS) is 18.3. The second-order valence-corrected chi connectivity index (χ2v) is 7.22. The number of nitrogens with zero attached hydrogens (tertiary/aromatic N) is 3. The Morgan fingerprint density at radius 3 is 2.58 bits per heavy atom. The van der Waals surface area contributed by atoms with E-state index in [1.165, 1.54) is 12.3 Å². The van der Waals surface area contributed by atoms with Crippen molar-refractivity contribution in [2.45, 2.75) is 20.1 Å². The fourth-order valence-corrected chi connectivity index (χ4v) is 2.56. The first-order valence-corrected chi connectivity index (χ1v) is 8.47. The van der Waals surface area contributed by atoms with E-state index in [0.717, 1.165) is 5.69 Å². The number of ether oxygens (including phenoxy) is 2. The smallest absolute Gasteiger partial charge is 0.176 e. The molecule has 0 atom stereocenters. The molecule has 3 N–H and O–H groups in total. The fraction of sp³-hybridized carbons (Fsp3) is 0.556. The molecule has 0 saturated carbocycles. The highest BCUT2D eigenvalue weighted by atomic mass is 19.1. The van der Waals surface area contributed by atoms with Gasteiger partial charge in [-0.3, -0.25) is 4.99 Å². The minimum absolute atomic E-state index is 0.0112. The molecule has 1 aromatic carbocycles. The first-order chi connectivity index (χ1) is 12.3. The summed E-state index contributed by atoms with van der Waals surface area (Å²) in [6.07, 6.45) is 1.13. The lowest BCUT2D eigenvalue weighted by Crippen LogP contribution is -2.39. The van der Waals surface area contributed by atoms with Gasteiger partial charge in [-0.1, -0.05) is 13.8 Å². The Morgan fingerprint density at radius 2 is 2.04 bits per heavy atom. The molecule has 8 heteroatoms. The highest BCUT2D eigenvalue weighted by Crippen LogP contribution is 2.27. The van der Waals surface area contributed by atoms with Crippen LogP contribution in [0.2, 0.25) is 0 Å². The zero-order valence-electron chi connectivity index (χ0n) is 16.0. The summed E-state index contributed by atoms with van der Waals surface area (Å²) in [5.74, 6) is 5.14. The summed E-state index contributed by atoms with van der Waals surface area (Å²) in [5.41, 5.74) is 2.13. The van der Waals surface area contributed by atoms with Crippen LogP contribution in [0.3, 0.4) is 0 Å². The van der Waals surface area contributed by atoms with Gasteiger partial charge in [0.05, 0.1) is 25.4 Å². The minimum atomic E-state index is -0.393. The Balaban J connectivity index is 2.15. The average Bonchev–Trinajstić information content (AvgIpc) is 2.59. The van der Waals surface area contributed by atoms with E-state index in [0.29, 0.717) is 36.7 Å². The first kappa shape index (κ1) is 20.1. The summed E-state index contributed by atoms with van der Waals surface area (Å²) >= 11 is 0. The Morgan fingerprint density at radius 1 is 1.38 bits per heavy atom. The highest BCUT2D eigenvalue weighted by molar-refractivity contribution is 6.39. The SMILES string of the molecule is CNc1cc(N(C)C)c(/C(C=NCC2OCC(C)(C)CO2)=N/N)cc1F. The van der Waals surface area contributed by atoms with Gasteiger partial charge < -0.3 is 25.5 Å². The van der Waals surface area contributed by atoms with Gasteiger partial charge in [-0.2, -0.15) is 5.10 Å². The third-order valence-corrected chi connectivity index (χ3v) is 4.04. The van der Waals surface area contributed by atoms with Crippen LogP contribution in [0, 0.1) is 11.2 Å². The van der Waals surface area contributed by atoms with Crippen LogP contribution in [0.4, 0.5) is 15.8 Å². The average molecular weight is 365 g/mol. The molecular formula is C18H28FN5O2. The molecule has 1 aliphatic heterocycles. The zero-order valence-corrected chi connectivity index (χ0v) is 16.0. The molecule has 144 valence electrons. The largest absolute Gasteiger partial charge is 0.386 e. The number of nitrogens with two attached hydrogens (primary N) is 1. The van der Waals surface area contributed by atoms with E-state index in [1.807, 2.05) is 19.0 Å². The van der Waals surface area contributed by atoms with Gasteiger partial charge in [0.15, 0.2) is 6.29 Å². The van der Waals surface area contributed by atoms with E-state index in [9.17, 15) is 4.39 Å². The lowest BCUT2D eigenvalue weighted by atomic mass is 9.96. The van der Waals surface area contributed by atoms with Crippen LogP contribution in [0.1, 0.15) is 19.4 Å². The monoisotopic (exact) mass is 365 g/mol. The van der Waals surface area contributed by atoms with Crippen LogP contribution in [0.5, 0.6) is 0 Å². The van der Waals surface area contributed by atoms with Crippen LogP contribution < -0.4 is 16.1 Å². The zero-order chi connectivity index (χ0) is 19.3. The molecule has 1 aliphatic rings. The molecule has 1 aromatic rings. The first-order valence-electron chi connectivity index (χ1n) is 8.47. The molecule has 0 unspecified atom stereocenters. The highest BCUT2D eigenvalue weighted by Gasteiger charge is 2.27. The van der Waals surface area contributed by atoms with Gasteiger partial charge in [0.1, 0.15) is 11.5 Å². The number of rotatable bonds is 6. The number of hydrogen-bond acceptors (Lipinski definition) is 7. The Hall–Kier alpha value is -2.19. The van der Waals surface area contributed by atoms with E-state index in [1.54, 1.807) is 13.1 Å². The lowest BCUT2D eigenvalue weighted by molar-refractivity contribution is -0.215. The molecular weight excluding hydrogens is 337 g/mol. The van der Waals surface area contributed by atoms with E-state index < -0.39 is 6.29 Å². The van der Waals surface area contributed by atoms with E-state index in [4.69, 9.17) is 15.3 Å². The molecule has 1 fully saturated rings. The van der Waals surface area contributed by atoms with Gasteiger partial charge in [0.25, 0.3) is 0 Å². The van der Waals surface area contributed by atoms with Crippen molar-refractivity contribution in [1.82, 2.24) is 0 Å². The fourth-order valence-electron chi connectivity index (χ4n) is 2.56. The minimum Gasteiger partial charge on any atom is -0.386 e. The van der Waals surface area contributed by atoms with Crippen molar-refractivity contribution in [1.29, 1.82) is 0 Å². The molecule has 2 rings (SSSR count). The maximum atomic E-state index is 14.2. The quantitative estimate of drug-likeness (QED) is 0.458. The van der Waals surface area contributed by atoms with Crippen molar-refractivity contribution < 1.29 is 13.9 Å². The second-order valence-electron chi connectivity index (χ2n) is 7.22. The summed E-state index contributed by atoms with van der Waals surface area (Å²) in [7, 11) is 5.40. The van der Waals surface area contributed by atoms with Crippen molar-refractivity contribution in [3.63, 3.8) is 0 Å². The number of anilines is 2. The van der Waals surface area contributed by atoms with Gasteiger partial charge in [-0.05, 0) is 12.1 Å². The molecule has 0 amide bonds. The third kappa shape index (κ3) is 4.92. The van der Waals surface area contributed by atoms with Crippen molar-refractivity contribution >= 4 is 23.3 Å². The number of aliphatic imine (C=N–C) groups is 1. The topological polar surface area (TPSA) is 84.5 Å². The molecule has 0 spiro atoms. The van der Waals surface area contributed by atoms with Crippen LogP contribution in [0.15, 0.2) is 22.2 Å². The molecule has 0 aliphatic carbocycles. The molecule has 0 radical (unpaired) electrons. The maximum Gasteiger partial charge on any atom is 0.176 e. The van der Waals surface area contributed by atoms with Gasteiger partial charge in [-0.25, -0.2) is 4.39 Å². The summed E-state index contributed by atoms with van der Waals surface area (Å²) in [4.78, 5) is 6.19. The molecule has 26 heavy (non-hydrogen) atoms. The van der Waals surface area contributed by atoms with Crippen LogP contribution in [-0.4, -0.2) is 59.1 Å². The van der Waals surface area contributed by atoms with Gasteiger partial charge in [0.2, 0.25) is 0 Å². The number of hydrazone groups is 1. The van der Waals surface area contributed by atoms with Crippen LogP contribution >= 0.6 is 0 Å². The van der Waals surface area contributed by atoms with Gasteiger partial charge in [0, 0.05) is 44.0 Å². The van der Waals surface area contributed by atoms with E-state index in [2.05, 4.69) is 29.3 Å². The predicted molar refractivity (Wildman–Crippen MR) is 104 cm³/mol. The Labute approximate surface area is 154 Å². The number of benzene rings is 1. The van der Waals surface area contributed by atoms with Crippen molar-refractivity contribution in [2.75, 3.05) is 51.1 Å². The summed E-state index contributed by atoms with van der Waals surface area (Å²) in [6.45, 7) is 5.72. The standard InChI is InChI=1S/C18H28FN5O2/c1-18(2)10-25-17(26-11-18)9-22-8-15(23-20)12-6-13(19)14(21-3)7-16(12)24(4)5/h6-8,17,21H,9-11,20H2,1-5H3/b22-8?,23-15+. The number of halogens is 1. The maximum absolute atomic E-state index is 14.2. The van der Waals surface area contributed by atoms with Crippen LogP contribution in [-0.2, 0) is 9.47 Å². The lowest BCUT2D eigenvalue weighted by Gasteiger charge is -2.33. The number of hydrogen-bond donors (Lipinski definition) is 2. The van der Waals surface area contributed by atoms with Crippen molar-refractivity contribution in [3.8, 4) is 0 Å². The molecule has 1 heterocycles. The van der Waals surface area contributed by atoms with Crippen molar-refractivity contribution in [3.05, 3.63) is 23.5 Å². The second kappa shape index (κ2) is 8.46.